The first-order valence-corrected chi connectivity index (χ1v) is 7.16. The highest BCUT2D eigenvalue weighted by atomic mass is 16.5. The minimum Gasteiger partial charge on any atom is -0.494 e. The van der Waals surface area contributed by atoms with Gasteiger partial charge in [-0.2, -0.15) is 0 Å². The predicted molar refractivity (Wildman–Crippen MR) is 82.7 cm³/mol. The minimum absolute atomic E-state index is 0.213. The lowest BCUT2D eigenvalue weighted by Gasteiger charge is -2.22. The molecule has 1 rings (SSSR count). The SMILES string of the molecule is CCOc1cccc(OCCCCC(C)(C)C(=N)N)c1. The zero-order valence-corrected chi connectivity index (χ0v) is 12.7. The highest BCUT2D eigenvalue weighted by Crippen LogP contribution is 2.23. The van der Waals surface area contributed by atoms with Gasteiger partial charge in [-0.15, -0.1) is 0 Å². The Morgan fingerprint density at radius 2 is 1.85 bits per heavy atom. The number of unbranched alkanes of at least 4 members (excludes halogenated alkanes) is 1. The van der Waals surface area contributed by atoms with Gasteiger partial charge in [-0.25, -0.2) is 0 Å². The van der Waals surface area contributed by atoms with Crippen LogP contribution >= 0.6 is 0 Å². The molecule has 0 radical (unpaired) electrons. The summed E-state index contributed by atoms with van der Waals surface area (Å²) in [5.74, 6) is 1.92. The molecule has 0 bridgehead atoms. The molecule has 0 atom stereocenters. The molecule has 0 fully saturated rings. The van der Waals surface area contributed by atoms with Crippen LogP contribution in [0.3, 0.4) is 0 Å². The van der Waals surface area contributed by atoms with E-state index in [9.17, 15) is 0 Å². The second-order valence-corrected chi connectivity index (χ2v) is 5.51. The molecule has 0 aliphatic carbocycles. The number of amidine groups is 1. The van der Waals surface area contributed by atoms with E-state index >= 15 is 0 Å². The lowest BCUT2D eigenvalue weighted by Crippen LogP contribution is -2.30. The molecule has 0 unspecified atom stereocenters. The summed E-state index contributed by atoms with van der Waals surface area (Å²) < 4.78 is 11.1. The van der Waals surface area contributed by atoms with Gasteiger partial charge in [0.05, 0.1) is 19.0 Å². The van der Waals surface area contributed by atoms with Crippen molar-refractivity contribution >= 4 is 5.84 Å². The summed E-state index contributed by atoms with van der Waals surface area (Å²) in [4.78, 5) is 0. The molecule has 0 spiro atoms. The second kappa shape index (κ2) is 7.78. The Morgan fingerprint density at radius 1 is 1.20 bits per heavy atom. The summed E-state index contributed by atoms with van der Waals surface area (Å²) in [6.07, 6.45) is 2.86. The van der Waals surface area contributed by atoms with Crippen LogP contribution in [0.2, 0.25) is 0 Å². The molecule has 0 saturated carbocycles. The third-order valence-electron chi connectivity index (χ3n) is 3.31. The molecule has 0 saturated heterocycles. The maximum Gasteiger partial charge on any atom is 0.122 e. The van der Waals surface area contributed by atoms with Crippen LogP contribution in [0, 0.1) is 10.8 Å². The van der Waals surface area contributed by atoms with Gasteiger partial charge in [0.2, 0.25) is 0 Å². The quantitative estimate of drug-likeness (QED) is 0.412. The molecule has 0 amide bonds. The molecule has 0 aliphatic heterocycles. The first-order valence-electron chi connectivity index (χ1n) is 7.16. The zero-order chi connectivity index (χ0) is 15.0. The van der Waals surface area contributed by atoms with E-state index in [1.165, 1.54) is 0 Å². The van der Waals surface area contributed by atoms with Crippen molar-refractivity contribution in [1.29, 1.82) is 5.41 Å². The van der Waals surface area contributed by atoms with Gasteiger partial charge < -0.3 is 15.2 Å². The highest BCUT2D eigenvalue weighted by molar-refractivity contribution is 5.82. The highest BCUT2D eigenvalue weighted by Gasteiger charge is 2.20. The molecule has 0 heterocycles. The van der Waals surface area contributed by atoms with Gasteiger partial charge in [-0.05, 0) is 38.3 Å². The van der Waals surface area contributed by atoms with E-state index in [4.69, 9.17) is 20.6 Å². The van der Waals surface area contributed by atoms with E-state index in [2.05, 4.69) is 0 Å². The first kappa shape index (κ1) is 16.3. The van der Waals surface area contributed by atoms with Crippen LogP contribution in [-0.2, 0) is 0 Å². The lowest BCUT2D eigenvalue weighted by atomic mass is 9.86. The fourth-order valence-electron chi connectivity index (χ4n) is 1.81. The van der Waals surface area contributed by atoms with E-state index in [1.807, 2.05) is 45.0 Å². The molecule has 4 heteroatoms. The monoisotopic (exact) mass is 278 g/mol. The minimum atomic E-state index is -0.213. The second-order valence-electron chi connectivity index (χ2n) is 5.51. The fraction of sp³-hybridized carbons (Fsp3) is 0.562. The van der Waals surface area contributed by atoms with Crippen molar-refractivity contribution in [2.45, 2.75) is 40.0 Å². The smallest absolute Gasteiger partial charge is 0.122 e. The summed E-state index contributed by atoms with van der Waals surface area (Å²) in [6.45, 7) is 7.29. The van der Waals surface area contributed by atoms with Crippen LogP contribution in [0.1, 0.15) is 40.0 Å². The van der Waals surface area contributed by atoms with Crippen molar-refractivity contribution in [3.63, 3.8) is 0 Å². The largest absolute Gasteiger partial charge is 0.494 e. The van der Waals surface area contributed by atoms with Crippen LogP contribution in [0.25, 0.3) is 0 Å². The molecular formula is C16H26N2O2. The molecular weight excluding hydrogens is 252 g/mol. The maximum absolute atomic E-state index is 7.51. The fourth-order valence-corrected chi connectivity index (χ4v) is 1.81. The molecule has 112 valence electrons. The number of ether oxygens (including phenoxy) is 2. The normalized spacial score (nSPS) is 11.2. The Bertz CT molecular complexity index is 430. The number of rotatable bonds is 9. The molecule has 20 heavy (non-hydrogen) atoms. The molecule has 1 aromatic carbocycles. The summed E-state index contributed by atoms with van der Waals surface area (Å²) in [5.41, 5.74) is 5.35. The van der Waals surface area contributed by atoms with Crippen molar-refractivity contribution in [3.8, 4) is 11.5 Å². The van der Waals surface area contributed by atoms with Crippen molar-refractivity contribution < 1.29 is 9.47 Å². The van der Waals surface area contributed by atoms with Crippen molar-refractivity contribution in [2.75, 3.05) is 13.2 Å². The lowest BCUT2D eigenvalue weighted by molar-refractivity contribution is 0.292. The number of benzene rings is 1. The summed E-state index contributed by atoms with van der Waals surface area (Å²) in [7, 11) is 0. The topological polar surface area (TPSA) is 68.3 Å². The van der Waals surface area contributed by atoms with Gasteiger partial charge in [0.15, 0.2) is 0 Å². The van der Waals surface area contributed by atoms with Gasteiger partial charge in [0, 0.05) is 11.5 Å². The molecule has 0 aliphatic rings. The Morgan fingerprint density at radius 3 is 2.45 bits per heavy atom. The van der Waals surface area contributed by atoms with Gasteiger partial charge >= 0.3 is 0 Å². The van der Waals surface area contributed by atoms with Gasteiger partial charge in [0.1, 0.15) is 11.5 Å². The van der Waals surface area contributed by atoms with Crippen LogP contribution < -0.4 is 15.2 Å². The van der Waals surface area contributed by atoms with Crippen molar-refractivity contribution in [2.24, 2.45) is 11.1 Å². The van der Waals surface area contributed by atoms with Crippen molar-refractivity contribution in [3.05, 3.63) is 24.3 Å². The first-order chi connectivity index (χ1) is 9.45. The maximum atomic E-state index is 7.51. The zero-order valence-electron chi connectivity index (χ0n) is 12.7. The number of hydrogen-bond donors (Lipinski definition) is 2. The van der Waals surface area contributed by atoms with Gasteiger partial charge in [-0.3, -0.25) is 5.41 Å². The summed E-state index contributed by atoms with van der Waals surface area (Å²) >= 11 is 0. The standard InChI is InChI=1S/C16H26N2O2/c1-4-19-13-8-7-9-14(12-13)20-11-6-5-10-16(2,3)15(17)18/h7-9,12H,4-6,10-11H2,1-3H3,(H3,17,18). The molecule has 3 N–H and O–H groups in total. The van der Waals surface area contributed by atoms with Crippen LogP contribution in [-0.4, -0.2) is 19.0 Å². The predicted octanol–water partition coefficient (Wildman–Crippen LogP) is 3.60. The average molecular weight is 278 g/mol. The number of nitrogens with two attached hydrogens (primary N) is 1. The Kier molecular flexibility index (Phi) is 6.36. The molecule has 4 nitrogen and oxygen atoms in total. The van der Waals surface area contributed by atoms with E-state index in [1.54, 1.807) is 0 Å². The molecule has 1 aromatic rings. The van der Waals surface area contributed by atoms with Crippen molar-refractivity contribution in [1.82, 2.24) is 0 Å². The third-order valence-corrected chi connectivity index (χ3v) is 3.31. The van der Waals surface area contributed by atoms with E-state index in [0.29, 0.717) is 13.2 Å². The van der Waals surface area contributed by atoms with Crippen LogP contribution in [0.15, 0.2) is 24.3 Å². The van der Waals surface area contributed by atoms with E-state index < -0.39 is 0 Å². The van der Waals surface area contributed by atoms with Crippen LogP contribution in [0.4, 0.5) is 0 Å². The number of nitrogens with one attached hydrogen (secondary N) is 1. The third kappa shape index (κ3) is 5.51. The summed E-state index contributed by atoms with van der Waals surface area (Å²) in [6, 6.07) is 7.69. The van der Waals surface area contributed by atoms with E-state index in [0.717, 1.165) is 30.8 Å². The van der Waals surface area contributed by atoms with Gasteiger partial charge in [0.25, 0.3) is 0 Å². The molecule has 0 aromatic heterocycles. The summed E-state index contributed by atoms with van der Waals surface area (Å²) in [5, 5.41) is 7.51. The number of hydrogen-bond acceptors (Lipinski definition) is 3. The van der Waals surface area contributed by atoms with Crippen LogP contribution in [0.5, 0.6) is 11.5 Å². The Labute approximate surface area is 121 Å². The Balaban J connectivity index is 2.28. The van der Waals surface area contributed by atoms with E-state index in [-0.39, 0.29) is 11.3 Å². The van der Waals surface area contributed by atoms with Gasteiger partial charge in [-0.1, -0.05) is 19.9 Å². The Hall–Kier alpha value is -1.71. The average Bonchev–Trinajstić information content (AvgIpc) is 2.39.